The Kier molecular flexibility index (Phi) is 7.35. The zero-order chi connectivity index (χ0) is 18.9. The number of carbonyl (C=O) groups is 2. The van der Waals surface area contributed by atoms with Crippen molar-refractivity contribution in [1.82, 2.24) is 0 Å². The zero-order valence-electron chi connectivity index (χ0n) is 15.1. The fourth-order valence-corrected chi connectivity index (χ4v) is 2.68. The predicted octanol–water partition coefficient (Wildman–Crippen LogP) is 2.19. The number of nitrogens with one attached hydrogen (secondary N) is 2. The van der Waals surface area contributed by atoms with E-state index in [9.17, 15) is 9.59 Å². The number of H-pyrrole nitrogens is 1. The average molecular weight is 361 g/mol. The molecule has 0 saturated heterocycles. The smallest absolute Gasteiger partial charge is 0.346 e. The van der Waals surface area contributed by atoms with E-state index in [2.05, 4.69) is 10.3 Å². The number of aromatic nitrogens is 1. The molecule has 1 aromatic carbocycles. The van der Waals surface area contributed by atoms with Crippen LogP contribution in [0.3, 0.4) is 0 Å². The van der Waals surface area contributed by atoms with Crippen LogP contribution < -0.4 is 10.3 Å². The van der Waals surface area contributed by atoms with Crippen LogP contribution in [0, 0.1) is 0 Å². The summed E-state index contributed by atoms with van der Waals surface area (Å²) in [5, 5.41) is 12.9. The van der Waals surface area contributed by atoms with Crippen molar-refractivity contribution in [2.45, 2.75) is 26.2 Å². The number of aromatic amines is 1. The van der Waals surface area contributed by atoms with E-state index in [1.807, 2.05) is 0 Å². The number of fused-ring (bicyclic) bond motifs is 1. The van der Waals surface area contributed by atoms with Gasteiger partial charge >= 0.3 is 11.9 Å². The molecule has 2 aromatic rings. The summed E-state index contributed by atoms with van der Waals surface area (Å²) in [4.78, 5) is 27.2. The largest absolute Gasteiger partial charge is 0.465 e. The molecule has 0 fully saturated rings. The van der Waals surface area contributed by atoms with Gasteiger partial charge in [0, 0.05) is 19.2 Å². The maximum absolute atomic E-state index is 12.3. The minimum absolute atomic E-state index is 0.166. The van der Waals surface area contributed by atoms with Gasteiger partial charge < -0.3 is 19.9 Å². The summed E-state index contributed by atoms with van der Waals surface area (Å²) in [5.74, 6) is -0.880. The summed E-state index contributed by atoms with van der Waals surface area (Å²) in [5.41, 5.74) is 2.18. The van der Waals surface area contributed by atoms with Crippen molar-refractivity contribution in [1.29, 1.82) is 0 Å². The lowest BCUT2D eigenvalue weighted by molar-refractivity contribution is -0.344. The number of esters is 2. The minimum Gasteiger partial charge on any atom is -0.465 e. The van der Waals surface area contributed by atoms with E-state index in [1.54, 1.807) is 31.3 Å². The van der Waals surface area contributed by atoms with Gasteiger partial charge in [-0.05, 0) is 38.3 Å². The lowest BCUT2D eigenvalue weighted by Crippen LogP contribution is -2.17. The maximum Gasteiger partial charge on any atom is 0.346 e. The second kappa shape index (κ2) is 9.72. The number of aliphatic hydroxyl groups is 1. The van der Waals surface area contributed by atoms with Crippen molar-refractivity contribution in [3.8, 4) is 0 Å². The molecule has 7 heteroatoms. The number of aliphatic hydroxyl groups excluding tert-OH is 1. The Balaban J connectivity index is 2.42. The number of pyridine rings is 1. The Bertz CT molecular complexity index is 776. The number of hydrogen-bond donors (Lipinski definition) is 2. The fraction of sp³-hybridized carbons (Fsp3) is 0.421. The molecule has 0 unspecified atom stereocenters. The average Bonchev–Trinajstić information content (AvgIpc) is 2.66. The van der Waals surface area contributed by atoms with Gasteiger partial charge in [0.25, 0.3) is 0 Å². The number of benzene rings is 1. The quantitative estimate of drug-likeness (QED) is 0.525. The molecule has 0 aliphatic carbocycles. The highest BCUT2D eigenvalue weighted by atomic mass is 16.5. The molecule has 1 aromatic heterocycles. The van der Waals surface area contributed by atoms with Crippen LogP contribution in [0.4, 0.5) is 5.69 Å². The topological polar surface area (TPSA) is 99.0 Å². The Morgan fingerprint density at radius 1 is 1.19 bits per heavy atom. The molecule has 1 heterocycles. The third-order valence-corrected chi connectivity index (χ3v) is 3.98. The molecule has 0 saturated carbocycles. The van der Waals surface area contributed by atoms with E-state index in [-0.39, 0.29) is 13.2 Å². The minimum atomic E-state index is -0.442. The van der Waals surface area contributed by atoms with Gasteiger partial charge in [-0.1, -0.05) is 0 Å². The summed E-state index contributed by atoms with van der Waals surface area (Å²) >= 11 is 0. The predicted molar refractivity (Wildman–Crippen MR) is 97.2 cm³/mol. The molecular formula is C19H25N2O5+. The van der Waals surface area contributed by atoms with Gasteiger partial charge in [-0.15, -0.1) is 0 Å². The molecular weight excluding hydrogens is 336 g/mol. The SMILES string of the molecule is CCOC(=O)c1c[nH+]c2ccc(C(=O)OC)cc2c1NCCCCCO. The zero-order valence-corrected chi connectivity index (χ0v) is 15.1. The molecule has 0 atom stereocenters. The van der Waals surface area contributed by atoms with Crippen molar-refractivity contribution in [2.75, 3.05) is 32.2 Å². The number of methoxy groups -OCH3 is 1. The van der Waals surface area contributed by atoms with Crippen LogP contribution in [0.25, 0.3) is 10.9 Å². The molecule has 0 aliphatic heterocycles. The van der Waals surface area contributed by atoms with Crippen molar-refractivity contribution in [3.05, 3.63) is 35.5 Å². The van der Waals surface area contributed by atoms with Crippen molar-refractivity contribution in [2.24, 2.45) is 0 Å². The number of rotatable bonds is 9. The van der Waals surface area contributed by atoms with Crippen molar-refractivity contribution < 1.29 is 29.2 Å². The van der Waals surface area contributed by atoms with Crippen molar-refractivity contribution >= 4 is 28.5 Å². The highest BCUT2D eigenvalue weighted by Crippen LogP contribution is 2.26. The maximum atomic E-state index is 12.3. The number of ether oxygens (including phenoxy) is 2. The molecule has 0 bridgehead atoms. The molecule has 140 valence electrons. The Morgan fingerprint density at radius 2 is 2.00 bits per heavy atom. The van der Waals surface area contributed by atoms with Gasteiger partial charge in [0.2, 0.25) is 5.52 Å². The summed E-state index contributed by atoms with van der Waals surface area (Å²) in [6.45, 7) is 2.82. The van der Waals surface area contributed by atoms with E-state index in [1.165, 1.54) is 7.11 Å². The van der Waals surface area contributed by atoms with Gasteiger partial charge in [-0.25, -0.2) is 14.6 Å². The number of unbranched alkanes of at least 4 members (excludes halogenated alkanes) is 2. The molecule has 0 aliphatic rings. The molecule has 0 spiro atoms. The van der Waals surface area contributed by atoms with E-state index >= 15 is 0 Å². The van der Waals surface area contributed by atoms with E-state index < -0.39 is 11.9 Å². The first-order valence-electron chi connectivity index (χ1n) is 8.71. The molecule has 26 heavy (non-hydrogen) atoms. The fourth-order valence-electron chi connectivity index (χ4n) is 2.68. The van der Waals surface area contributed by atoms with Crippen molar-refractivity contribution in [3.63, 3.8) is 0 Å². The molecule has 0 amide bonds. The lowest BCUT2D eigenvalue weighted by atomic mass is 10.1. The van der Waals surface area contributed by atoms with Gasteiger partial charge in [-0.3, -0.25) is 0 Å². The number of anilines is 1. The van der Waals surface area contributed by atoms with E-state index in [0.29, 0.717) is 28.7 Å². The van der Waals surface area contributed by atoms with Crippen LogP contribution in [0.2, 0.25) is 0 Å². The van der Waals surface area contributed by atoms with Crippen LogP contribution in [0.15, 0.2) is 24.4 Å². The summed E-state index contributed by atoms with van der Waals surface area (Å²) in [7, 11) is 1.33. The van der Waals surface area contributed by atoms with Gasteiger partial charge in [0.05, 0.1) is 30.4 Å². The van der Waals surface area contributed by atoms with Crippen LogP contribution in [0.1, 0.15) is 46.9 Å². The molecule has 2 rings (SSSR count). The van der Waals surface area contributed by atoms with Gasteiger partial charge in [0.1, 0.15) is 5.56 Å². The van der Waals surface area contributed by atoms with Crippen LogP contribution in [-0.2, 0) is 9.47 Å². The molecule has 0 radical (unpaired) electrons. The van der Waals surface area contributed by atoms with E-state index in [0.717, 1.165) is 24.8 Å². The standard InChI is InChI=1S/C19H24N2O5/c1-3-26-19(24)15-12-21-16-8-7-13(18(23)25-2)11-14(16)17(15)20-9-5-4-6-10-22/h7-8,11-12,22H,3-6,9-10H2,1-2H3,(H,20,21)/p+1. The Morgan fingerprint density at radius 3 is 2.69 bits per heavy atom. The summed E-state index contributed by atoms with van der Waals surface area (Å²) < 4.78 is 9.92. The molecule has 7 nitrogen and oxygen atoms in total. The van der Waals surface area contributed by atoms with E-state index in [4.69, 9.17) is 14.6 Å². The summed E-state index contributed by atoms with van der Waals surface area (Å²) in [6.07, 6.45) is 4.07. The number of hydrogen-bond acceptors (Lipinski definition) is 6. The molecule has 3 N–H and O–H groups in total. The highest BCUT2D eigenvalue weighted by molar-refractivity contribution is 6.05. The van der Waals surface area contributed by atoms with Crippen LogP contribution in [0.5, 0.6) is 0 Å². The van der Waals surface area contributed by atoms with Crippen LogP contribution >= 0.6 is 0 Å². The third kappa shape index (κ3) is 4.70. The normalized spacial score (nSPS) is 10.6. The Hall–Kier alpha value is -2.67. The first-order valence-corrected chi connectivity index (χ1v) is 8.71. The second-order valence-corrected chi connectivity index (χ2v) is 5.76. The summed E-state index contributed by atoms with van der Waals surface area (Å²) in [6, 6.07) is 5.13. The first-order chi connectivity index (χ1) is 12.6. The van der Waals surface area contributed by atoms with Gasteiger partial charge in [0.15, 0.2) is 6.20 Å². The third-order valence-electron chi connectivity index (χ3n) is 3.98. The highest BCUT2D eigenvalue weighted by Gasteiger charge is 2.21. The first kappa shape index (κ1) is 19.7. The van der Waals surface area contributed by atoms with Gasteiger partial charge in [-0.2, -0.15) is 0 Å². The number of carbonyl (C=O) groups excluding carboxylic acids is 2. The Labute approximate surface area is 152 Å². The van der Waals surface area contributed by atoms with Crippen LogP contribution in [-0.4, -0.2) is 43.9 Å². The lowest BCUT2D eigenvalue weighted by Gasteiger charge is -2.12. The monoisotopic (exact) mass is 361 g/mol. The second-order valence-electron chi connectivity index (χ2n) is 5.76.